The number of anilines is 1. The summed E-state index contributed by atoms with van der Waals surface area (Å²) in [7, 11) is 0. The topological polar surface area (TPSA) is 28.2 Å². The molecule has 2 aliphatic rings. The lowest BCUT2D eigenvalue weighted by Crippen LogP contribution is -2.45. The van der Waals surface area contributed by atoms with Crippen molar-refractivity contribution in [1.29, 1.82) is 0 Å². The Morgan fingerprint density at radius 3 is 2.74 bits per heavy atom. The number of nitrogens with zero attached hydrogens (tertiary/aromatic N) is 2. The van der Waals surface area contributed by atoms with Gasteiger partial charge in [0.2, 0.25) is 0 Å². The summed E-state index contributed by atoms with van der Waals surface area (Å²) in [4.78, 5) is 7.09. The van der Waals surface area contributed by atoms with Crippen LogP contribution in [0.1, 0.15) is 32.1 Å². The molecule has 1 unspecified atom stereocenters. The molecule has 1 saturated heterocycles. The predicted molar refractivity (Wildman–Crippen MR) is 85.6 cm³/mol. The van der Waals surface area contributed by atoms with Crippen LogP contribution in [0, 0.1) is 0 Å². The van der Waals surface area contributed by atoms with Gasteiger partial charge in [0.25, 0.3) is 0 Å². The molecule has 1 aliphatic carbocycles. The van der Waals surface area contributed by atoms with Crippen LogP contribution in [0.15, 0.2) is 21.2 Å². The lowest BCUT2D eigenvalue weighted by Gasteiger charge is -2.32. The summed E-state index contributed by atoms with van der Waals surface area (Å²) in [6.45, 7) is 2.25. The van der Waals surface area contributed by atoms with Gasteiger partial charge in [-0.25, -0.2) is 4.98 Å². The number of aromatic nitrogens is 1. The normalized spacial score (nSPS) is 23.4. The minimum atomic E-state index is 0.617. The maximum absolute atomic E-state index is 4.61. The van der Waals surface area contributed by atoms with Crippen molar-refractivity contribution in [3.8, 4) is 0 Å². The minimum absolute atomic E-state index is 0.617. The van der Waals surface area contributed by atoms with Crippen molar-refractivity contribution in [3.63, 3.8) is 0 Å². The fourth-order valence-corrected chi connectivity index (χ4v) is 3.95. The van der Waals surface area contributed by atoms with E-state index in [9.17, 15) is 0 Å². The molecule has 0 amide bonds. The summed E-state index contributed by atoms with van der Waals surface area (Å²) in [5.41, 5.74) is 0. The van der Waals surface area contributed by atoms with Gasteiger partial charge < -0.3 is 10.2 Å². The molecule has 1 aliphatic heterocycles. The van der Waals surface area contributed by atoms with Gasteiger partial charge >= 0.3 is 0 Å². The van der Waals surface area contributed by atoms with Crippen molar-refractivity contribution >= 4 is 37.7 Å². The van der Waals surface area contributed by atoms with Crippen molar-refractivity contribution in [3.05, 3.63) is 21.2 Å². The van der Waals surface area contributed by atoms with Crippen LogP contribution in [0.3, 0.4) is 0 Å². The van der Waals surface area contributed by atoms with Gasteiger partial charge in [-0.1, -0.05) is 6.42 Å². The summed E-state index contributed by atoms with van der Waals surface area (Å²) >= 11 is 7.13. The number of pyridine rings is 1. The van der Waals surface area contributed by atoms with Crippen LogP contribution in [0.5, 0.6) is 0 Å². The molecule has 0 spiro atoms. The highest BCUT2D eigenvalue weighted by Crippen LogP contribution is 2.35. The van der Waals surface area contributed by atoms with Gasteiger partial charge in [-0.05, 0) is 70.2 Å². The molecule has 1 saturated carbocycles. The second-order valence-electron chi connectivity index (χ2n) is 5.49. The molecular formula is C14H19Br2N3. The third-order valence-electron chi connectivity index (χ3n) is 3.88. The number of halogens is 2. The summed E-state index contributed by atoms with van der Waals surface area (Å²) in [6, 6.07) is 3.40. The second-order valence-corrected chi connectivity index (χ2v) is 7.26. The van der Waals surface area contributed by atoms with Gasteiger partial charge in [0, 0.05) is 29.3 Å². The Bertz CT molecular complexity index is 442. The molecule has 5 heteroatoms. The summed E-state index contributed by atoms with van der Waals surface area (Å²) in [5.74, 6) is 1.10. The molecule has 1 atom stereocenters. The number of rotatable bonds is 4. The van der Waals surface area contributed by atoms with Gasteiger partial charge in [0.15, 0.2) is 0 Å². The molecule has 1 aromatic heterocycles. The third-order valence-corrected chi connectivity index (χ3v) is 4.89. The van der Waals surface area contributed by atoms with E-state index >= 15 is 0 Å². The highest BCUT2D eigenvalue weighted by atomic mass is 79.9. The van der Waals surface area contributed by atoms with Crippen molar-refractivity contribution in [2.45, 2.75) is 44.2 Å². The maximum atomic E-state index is 4.61. The lowest BCUT2D eigenvalue weighted by molar-refractivity contribution is 0.397. The fraction of sp³-hybridized carbons (Fsp3) is 0.643. The van der Waals surface area contributed by atoms with E-state index in [0.29, 0.717) is 12.1 Å². The van der Waals surface area contributed by atoms with Crippen LogP contribution in [0.4, 0.5) is 5.82 Å². The van der Waals surface area contributed by atoms with Crippen LogP contribution in [0.2, 0.25) is 0 Å². The van der Waals surface area contributed by atoms with E-state index in [1.165, 1.54) is 32.1 Å². The monoisotopic (exact) mass is 387 g/mol. The molecule has 3 nitrogen and oxygen atoms in total. The third kappa shape index (κ3) is 3.50. The van der Waals surface area contributed by atoms with E-state index in [1.54, 1.807) is 0 Å². The van der Waals surface area contributed by atoms with Gasteiger partial charge in [-0.15, -0.1) is 0 Å². The van der Waals surface area contributed by atoms with E-state index in [1.807, 2.05) is 6.20 Å². The first kappa shape index (κ1) is 13.8. The second kappa shape index (κ2) is 6.10. The molecular weight excluding hydrogens is 370 g/mol. The zero-order chi connectivity index (χ0) is 13.2. The Labute approximate surface area is 131 Å². The average Bonchev–Trinajstić information content (AvgIpc) is 3.22. The van der Waals surface area contributed by atoms with Gasteiger partial charge in [-0.3, -0.25) is 0 Å². The predicted octanol–water partition coefficient (Wildman–Crippen LogP) is 3.72. The Kier molecular flexibility index (Phi) is 4.44. The highest BCUT2D eigenvalue weighted by Gasteiger charge is 2.32. The molecule has 104 valence electrons. The van der Waals surface area contributed by atoms with Crippen molar-refractivity contribution in [1.82, 2.24) is 10.3 Å². The summed E-state index contributed by atoms with van der Waals surface area (Å²) in [5, 5.41) is 3.64. The maximum Gasteiger partial charge on any atom is 0.143 e. The van der Waals surface area contributed by atoms with Crippen LogP contribution in [-0.2, 0) is 0 Å². The molecule has 0 aromatic carbocycles. The van der Waals surface area contributed by atoms with Crippen molar-refractivity contribution in [2.24, 2.45) is 0 Å². The molecule has 0 bridgehead atoms. The first-order valence-electron chi connectivity index (χ1n) is 7.05. The molecule has 19 heavy (non-hydrogen) atoms. The van der Waals surface area contributed by atoms with E-state index in [0.717, 1.165) is 27.9 Å². The van der Waals surface area contributed by atoms with Crippen LogP contribution >= 0.6 is 31.9 Å². The van der Waals surface area contributed by atoms with E-state index in [4.69, 9.17) is 0 Å². The number of hydrogen-bond donors (Lipinski definition) is 1. The SMILES string of the molecule is Brc1cnc(N(CC2CCCCN2)C2CC2)c(Br)c1. The molecule has 1 aromatic rings. The first-order valence-corrected chi connectivity index (χ1v) is 8.64. The van der Waals surface area contributed by atoms with Gasteiger partial charge in [-0.2, -0.15) is 0 Å². The standard InChI is InChI=1S/C14H19Br2N3/c15-10-7-13(16)14(18-8-10)19(12-4-5-12)9-11-3-1-2-6-17-11/h7-8,11-12,17H,1-6,9H2. The van der Waals surface area contributed by atoms with Crippen LogP contribution in [-0.4, -0.2) is 30.2 Å². The first-order chi connectivity index (χ1) is 9.24. The van der Waals surface area contributed by atoms with E-state index in [-0.39, 0.29) is 0 Å². The molecule has 1 N–H and O–H groups in total. The average molecular weight is 389 g/mol. The Morgan fingerprint density at radius 1 is 1.26 bits per heavy atom. The zero-order valence-electron chi connectivity index (χ0n) is 10.9. The van der Waals surface area contributed by atoms with Crippen LogP contribution in [0.25, 0.3) is 0 Å². The summed E-state index contributed by atoms with van der Waals surface area (Å²) < 4.78 is 2.11. The number of piperidine rings is 1. The number of nitrogens with one attached hydrogen (secondary N) is 1. The van der Waals surface area contributed by atoms with Gasteiger partial charge in [0.1, 0.15) is 5.82 Å². The lowest BCUT2D eigenvalue weighted by atomic mass is 10.0. The van der Waals surface area contributed by atoms with Gasteiger partial charge in [0.05, 0.1) is 4.47 Å². The Hall–Kier alpha value is -0.130. The molecule has 0 radical (unpaired) electrons. The molecule has 2 heterocycles. The van der Waals surface area contributed by atoms with Crippen molar-refractivity contribution < 1.29 is 0 Å². The number of hydrogen-bond acceptors (Lipinski definition) is 3. The molecule has 3 rings (SSSR count). The van der Waals surface area contributed by atoms with Crippen molar-refractivity contribution in [2.75, 3.05) is 18.0 Å². The smallest absolute Gasteiger partial charge is 0.143 e. The Morgan fingerprint density at radius 2 is 2.11 bits per heavy atom. The van der Waals surface area contributed by atoms with Crippen LogP contribution < -0.4 is 10.2 Å². The summed E-state index contributed by atoms with van der Waals surface area (Å²) in [6.07, 6.45) is 8.46. The highest BCUT2D eigenvalue weighted by molar-refractivity contribution is 9.11. The minimum Gasteiger partial charge on any atom is -0.351 e. The van der Waals surface area contributed by atoms with E-state index < -0.39 is 0 Å². The quantitative estimate of drug-likeness (QED) is 0.851. The zero-order valence-corrected chi connectivity index (χ0v) is 14.1. The fourth-order valence-electron chi connectivity index (χ4n) is 2.73. The Balaban J connectivity index is 1.76. The van der Waals surface area contributed by atoms with E-state index in [2.05, 4.69) is 53.1 Å². The molecule has 2 fully saturated rings. The largest absolute Gasteiger partial charge is 0.351 e.